The number of amides is 1. The molecule has 7 nitrogen and oxygen atoms in total. The van der Waals surface area contributed by atoms with Crippen LogP contribution in [0, 0.1) is 0 Å². The van der Waals surface area contributed by atoms with Crippen molar-refractivity contribution in [2.45, 2.75) is 25.3 Å². The fourth-order valence-corrected chi connectivity index (χ4v) is 4.22. The van der Waals surface area contributed by atoms with Gasteiger partial charge in [0.25, 0.3) is 0 Å². The molecule has 1 unspecified atom stereocenters. The summed E-state index contributed by atoms with van der Waals surface area (Å²) >= 11 is 1.79. The number of rotatable bonds is 9. The Morgan fingerprint density at radius 1 is 1.27 bits per heavy atom. The molecule has 1 fully saturated rings. The molecular weight excluding hydrogens is 513 g/mol. The molecule has 1 amide bonds. The summed E-state index contributed by atoms with van der Waals surface area (Å²) in [5.41, 5.74) is 0. The van der Waals surface area contributed by atoms with Crippen LogP contribution in [0.4, 0.5) is 0 Å². The van der Waals surface area contributed by atoms with Gasteiger partial charge in [-0.05, 0) is 49.5 Å². The Labute approximate surface area is 199 Å². The van der Waals surface area contributed by atoms with Crippen LogP contribution >= 0.6 is 35.3 Å². The second-order valence-corrected chi connectivity index (χ2v) is 8.34. The fourth-order valence-electron chi connectivity index (χ4n) is 3.36. The van der Waals surface area contributed by atoms with E-state index in [1.807, 2.05) is 12.1 Å². The number of hydrogen-bond donors (Lipinski definition) is 2. The summed E-state index contributed by atoms with van der Waals surface area (Å²) in [6.45, 7) is 3.81. The Bertz CT molecular complexity index is 758. The first-order valence-corrected chi connectivity index (χ1v) is 11.0. The molecule has 1 saturated heterocycles. The fraction of sp³-hybridized carbons (Fsp3) is 0.524. The summed E-state index contributed by atoms with van der Waals surface area (Å²) in [5, 5.41) is 8.93. The molecule has 30 heavy (non-hydrogen) atoms. The van der Waals surface area contributed by atoms with Crippen LogP contribution in [-0.2, 0) is 11.2 Å². The van der Waals surface area contributed by atoms with Crippen LogP contribution in [0.1, 0.15) is 29.5 Å². The maximum atomic E-state index is 12.0. The molecule has 2 N–H and O–H groups in total. The number of likely N-dealkylation sites (N-methyl/N-ethyl adjacent to an activating group) is 1. The van der Waals surface area contributed by atoms with Crippen molar-refractivity contribution in [2.24, 2.45) is 4.99 Å². The summed E-state index contributed by atoms with van der Waals surface area (Å²) in [6.07, 6.45) is 4.94. The van der Waals surface area contributed by atoms with Gasteiger partial charge in [0, 0.05) is 38.5 Å². The van der Waals surface area contributed by atoms with Gasteiger partial charge in [0.1, 0.15) is 12.3 Å². The normalized spacial score (nSPS) is 15.5. The van der Waals surface area contributed by atoms with Crippen molar-refractivity contribution in [1.29, 1.82) is 0 Å². The number of furan rings is 1. The molecule has 1 aliphatic rings. The zero-order valence-electron chi connectivity index (χ0n) is 17.7. The predicted molar refractivity (Wildman–Crippen MR) is 133 cm³/mol. The number of guanidine groups is 1. The van der Waals surface area contributed by atoms with Crippen molar-refractivity contribution in [1.82, 2.24) is 20.4 Å². The van der Waals surface area contributed by atoms with Gasteiger partial charge in [-0.25, -0.2) is 4.99 Å². The van der Waals surface area contributed by atoms with Gasteiger partial charge < -0.3 is 20.0 Å². The molecular formula is C21H32IN5O2S. The van der Waals surface area contributed by atoms with Gasteiger partial charge in [-0.15, -0.1) is 35.3 Å². The van der Waals surface area contributed by atoms with E-state index in [0.717, 1.165) is 31.8 Å². The Hall–Kier alpha value is -1.59. The van der Waals surface area contributed by atoms with Crippen LogP contribution in [0.5, 0.6) is 0 Å². The lowest BCUT2D eigenvalue weighted by Gasteiger charge is -2.27. The zero-order valence-corrected chi connectivity index (χ0v) is 20.8. The second kappa shape index (κ2) is 13.0. The first-order chi connectivity index (χ1) is 14.1. The number of carbonyl (C=O) groups excluding carboxylic acids is 1. The minimum Gasteiger partial charge on any atom is -0.469 e. The van der Waals surface area contributed by atoms with E-state index in [9.17, 15) is 4.79 Å². The molecule has 0 bridgehead atoms. The van der Waals surface area contributed by atoms with Gasteiger partial charge in [0.15, 0.2) is 5.96 Å². The number of carbonyl (C=O) groups is 1. The largest absolute Gasteiger partial charge is 0.469 e. The number of halogens is 1. The van der Waals surface area contributed by atoms with Gasteiger partial charge in [-0.1, -0.05) is 6.07 Å². The Kier molecular flexibility index (Phi) is 10.7. The summed E-state index contributed by atoms with van der Waals surface area (Å²) in [5.74, 6) is 1.56. The molecule has 0 spiro atoms. The van der Waals surface area contributed by atoms with Gasteiger partial charge in [0.2, 0.25) is 5.91 Å². The van der Waals surface area contributed by atoms with E-state index < -0.39 is 0 Å². The first-order valence-electron chi connectivity index (χ1n) is 10.2. The SMILES string of the molecule is CN(C)C(=O)CN=C(NCCc1ccco1)NCC(c1cccs1)N1CCCC1.I. The van der Waals surface area contributed by atoms with Gasteiger partial charge in [-0.2, -0.15) is 0 Å². The second-order valence-electron chi connectivity index (χ2n) is 7.36. The number of aliphatic imine (C=N–C) groups is 1. The predicted octanol–water partition coefficient (Wildman–Crippen LogP) is 2.96. The highest BCUT2D eigenvalue weighted by Gasteiger charge is 2.24. The Morgan fingerprint density at radius 2 is 2.07 bits per heavy atom. The van der Waals surface area contributed by atoms with Crippen molar-refractivity contribution in [3.63, 3.8) is 0 Å². The summed E-state index contributed by atoms with van der Waals surface area (Å²) in [4.78, 5) is 21.9. The number of hydrogen-bond acceptors (Lipinski definition) is 5. The average molecular weight is 545 g/mol. The Balaban J connectivity index is 0.00000320. The highest BCUT2D eigenvalue weighted by Crippen LogP contribution is 2.27. The van der Waals surface area contributed by atoms with Crippen molar-refractivity contribution < 1.29 is 9.21 Å². The van der Waals surface area contributed by atoms with Gasteiger partial charge in [-0.3, -0.25) is 9.69 Å². The Morgan fingerprint density at radius 3 is 2.70 bits per heavy atom. The highest BCUT2D eigenvalue weighted by molar-refractivity contribution is 14.0. The van der Waals surface area contributed by atoms with Crippen molar-refractivity contribution in [3.8, 4) is 0 Å². The number of thiophene rings is 1. The maximum absolute atomic E-state index is 12.0. The van der Waals surface area contributed by atoms with Crippen molar-refractivity contribution >= 4 is 47.2 Å². The molecule has 3 heterocycles. The van der Waals surface area contributed by atoms with Crippen LogP contribution in [0.2, 0.25) is 0 Å². The van der Waals surface area contributed by atoms with Crippen molar-refractivity contribution in [2.75, 3.05) is 46.8 Å². The van der Waals surface area contributed by atoms with E-state index in [-0.39, 0.29) is 36.4 Å². The monoisotopic (exact) mass is 545 g/mol. The van der Waals surface area contributed by atoms with E-state index in [1.165, 1.54) is 17.7 Å². The quantitative estimate of drug-likeness (QED) is 0.288. The zero-order chi connectivity index (χ0) is 20.5. The summed E-state index contributed by atoms with van der Waals surface area (Å²) in [7, 11) is 3.49. The smallest absolute Gasteiger partial charge is 0.243 e. The summed E-state index contributed by atoms with van der Waals surface area (Å²) < 4.78 is 5.39. The highest BCUT2D eigenvalue weighted by atomic mass is 127. The van der Waals surface area contributed by atoms with E-state index in [2.05, 4.69) is 38.0 Å². The van der Waals surface area contributed by atoms with E-state index >= 15 is 0 Å². The number of nitrogens with zero attached hydrogens (tertiary/aromatic N) is 3. The van der Waals surface area contributed by atoms with Crippen LogP contribution in [-0.4, -0.2) is 68.5 Å². The molecule has 2 aromatic rings. The number of likely N-dealkylation sites (tertiary alicyclic amines) is 1. The van der Waals surface area contributed by atoms with Crippen LogP contribution in [0.3, 0.4) is 0 Å². The minimum absolute atomic E-state index is 0. The molecule has 3 rings (SSSR count). The molecule has 0 aromatic carbocycles. The standard InChI is InChI=1S/C21H31N5O2S.HI/c1-25(2)20(27)16-24-21(22-10-9-17-7-5-13-28-17)23-15-18(19-8-6-14-29-19)26-11-3-4-12-26;/h5-8,13-14,18H,3-4,9-12,15-16H2,1-2H3,(H2,22,23,24);1H. The molecule has 0 aliphatic carbocycles. The molecule has 9 heteroatoms. The van der Waals surface area contributed by atoms with E-state index in [0.29, 0.717) is 18.5 Å². The van der Waals surface area contributed by atoms with Crippen molar-refractivity contribution in [3.05, 3.63) is 46.5 Å². The molecule has 166 valence electrons. The van der Waals surface area contributed by atoms with Crippen LogP contribution in [0.25, 0.3) is 0 Å². The van der Waals surface area contributed by atoms with E-state index in [4.69, 9.17) is 4.42 Å². The summed E-state index contributed by atoms with van der Waals surface area (Å²) in [6, 6.07) is 8.47. The van der Waals surface area contributed by atoms with Crippen LogP contribution < -0.4 is 10.6 Å². The third-order valence-corrected chi connectivity index (χ3v) is 6.00. The molecule has 0 saturated carbocycles. The van der Waals surface area contributed by atoms with Gasteiger partial charge in [0.05, 0.1) is 12.3 Å². The van der Waals surface area contributed by atoms with Gasteiger partial charge >= 0.3 is 0 Å². The molecule has 2 aromatic heterocycles. The van der Waals surface area contributed by atoms with Crippen LogP contribution in [0.15, 0.2) is 45.3 Å². The lowest BCUT2D eigenvalue weighted by molar-refractivity contribution is -0.127. The first kappa shape index (κ1) is 24.7. The number of nitrogens with one attached hydrogen (secondary N) is 2. The molecule has 1 atom stereocenters. The topological polar surface area (TPSA) is 73.1 Å². The van der Waals surface area contributed by atoms with E-state index in [1.54, 1.807) is 36.6 Å². The maximum Gasteiger partial charge on any atom is 0.243 e. The lowest BCUT2D eigenvalue weighted by atomic mass is 10.2. The third-order valence-electron chi connectivity index (χ3n) is 5.03. The molecule has 1 aliphatic heterocycles. The third kappa shape index (κ3) is 7.59. The minimum atomic E-state index is -0.0218. The average Bonchev–Trinajstić information content (AvgIpc) is 3.49. The lowest BCUT2D eigenvalue weighted by Crippen LogP contribution is -2.43. The molecule has 0 radical (unpaired) electrons.